The second kappa shape index (κ2) is 6.57. The van der Waals surface area contributed by atoms with E-state index in [0.29, 0.717) is 13.1 Å². The van der Waals surface area contributed by atoms with Crippen molar-refractivity contribution in [1.29, 1.82) is 0 Å². The molecule has 8 nitrogen and oxygen atoms in total. The zero-order valence-electron chi connectivity index (χ0n) is 12.5. The van der Waals surface area contributed by atoms with Crippen LogP contribution in [0.25, 0.3) is 0 Å². The Balaban J connectivity index is 2.09. The van der Waals surface area contributed by atoms with Crippen molar-refractivity contribution in [2.75, 3.05) is 39.9 Å². The van der Waals surface area contributed by atoms with Crippen LogP contribution in [0.2, 0.25) is 0 Å². The van der Waals surface area contributed by atoms with Crippen LogP contribution in [0.1, 0.15) is 13.8 Å². The number of rotatable bonds is 3. The third-order valence-corrected chi connectivity index (χ3v) is 5.47. The molecule has 2 saturated heterocycles. The van der Waals surface area contributed by atoms with E-state index in [1.807, 2.05) is 13.8 Å². The van der Waals surface area contributed by atoms with Gasteiger partial charge in [0.25, 0.3) is 10.2 Å². The highest BCUT2D eigenvalue weighted by molar-refractivity contribution is 7.86. The molecule has 0 amide bonds. The van der Waals surface area contributed by atoms with Gasteiger partial charge in [-0.1, -0.05) is 0 Å². The largest absolute Gasteiger partial charge is 0.467 e. The second-order valence-electron chi connectivity index (χ2n) is 5.32. The lowest BCUT2D eigenvalue weighted by Gasteiger charge is -2.39. The molecule has 0 N–H and O–H groups in total. The second-order valence-corrected chi connectivity index (χ2v) is 7.25. The molecule has 0 aliphatic carbocycles. The molecular weight excluding hydrogens is 300 g/mol. The van der Waals surface area contributed by atoms with Gasteiger partial charge < -0.3 is 14.2 Å². The van der Waals surface area contributed by atoms with Gasteiger partial charge in [-0.05, 0) is 13.8 Å². The molecule has 3 atom stereocenters. The van der Waals surface area contributed by atoms with Crippen molar-refractivity contribution in [3.63, 3.8) is 0 Å². The average molecular weight is 322 g/mol. The van der Waals surface area contributed by atoms with E-state index in [4.69, 9.17) is 9.47 Å². The molecule has 9 heteroatoms. The Kier molecular flexibility index (Phi) is 5.20. The number of morpholine rings is 2. The number of carbonyl (C=O) groups excluding carboxylic acids is 1. The first kappa shape index (κ1) is 16.6. The van der Waals surface area contributed by atoms with Gasteiger partial charge in [0.2, 0.25) is 0 Å². The molecule has 3 unspecified atom stereocenters. The highest BCUT2D eigenvalue weighted by Gasteiger charge is 2.39. The Bertz CT molecular complexity index is 472. The molecule has 2 aliphatic heterocycles. The first-order chi connectivity index (χ1) is 9.84. The number of hydrogen-bond acceptors (Lipinski definition) is 6. The number of nitrogens with zero attached hydrogens (tertiary/aromatic N) is 2. The molecule has 0 bridgehead atoms. The Hall–Kier alpha value is -0.740. The van der Waals surface area contributed by atoms with Crippen molar-refractivity contribution in [3.05, 3.63) is 0 Å². The number of ether oxygens (including phenoxy) is 3. The molecule has 2 rings (SSSR count). The van der Waals surface area contributed by atoms with Gasteiger partial charge in [0.05, 0.1) is 32.5 Å². The number of methoxy groups -OCH3 is 1. The fourth-order valence-corrected chi connectivity index (χ4v) is 4.34. The van der Waals surface area contributed by atoms with Gasteiger partial charge >= 0.3 is 5.97 Å². The standard InChI is InChI=1S/C12H22N2O6S/c1-9-6-14(7-10(2)20-9)21(16,17)13-4-5-19-11(8-13)12(15)18-3/h9-11H,4-8H2,1-3H3. The van der Waals surface area contributed by atoms with Crippen molar-refractivity contribution in [2.45, 2.75) is 32.2 Å². The summed E-state index contributed by atoms with van der Waals surface area (Å²) >= 11 is 0. The smallest absolute Gasteiger partial charge is 0.336 e. The highest BCUT2D eigenvalue weighted by atomic mass is 32.2. The van der Waals surface area contributed by atoms with Crippen LogP contribution in [0, 0.1) is 0 Å². The van der Waals surface area contributed by atoms with Crippen molar-refractivity contribution >= 4 is 16.2 Å². The zero-order chi connectivity index (χ0) is 15.6. The average Bonchev–Trinajstić information content (AvgIpc) is 2.45. The van der Waals surface area contributed by atoms with Crippen LogP contribution in [-0.4, -0.2) is 81.2 Å². The number of esters is 1. The van der Waals surface area contributed by atoms with Crippen molar-refractivity contribution in [1.82, 2.24) is 8.61 Å². The van der Waals surface area contributed by atoms with E-state index >= 15 is 0 Å². The monoisotopic (exact) mass is 322 g/mol. The van der Waals surface area contributed by atoms with Gasteiger partial charge in [-0.3, -0.25) is 0 Å². The molecule has 0 aromatic heterocycles. The first-order valence-corrected chi connectivity index (χ1v) is 8.34. The summed E-state index contributed by atoms with van der Waals surface area (Å²) in [6, 6.07) is 0. The molecule has 0 saturated carbocycles. The topological polar surface area (TPSA) is 85.4 Å². The third kappa shape index (κ3) is 3.72. The minimum Gasteiger partial charge on any atom is -0.467 e. The maximum Gasteiger partial charge on any atom is 0.336 e. The summed E-state index contributed by atoms with van der Waals surface area (Å²) in [4.78, 5) is 11.5. The summed E-state index contributed by atoms with van der Waals surface area (Å²) in [5.74, 6) is -0.557. The fourth-order valence-electron chi connectivity index (χ4n) is 2.59. The maximum atomic E-state index is 12.7. The lowest BCUT2D eigenvalue weighted by atomic mass is 10.3. The fraction of sp³-hybridized carbons (Fsp3) is 0.917. The summed E-state index contributed by atoms with van der Waals surface area (Å²) in [5, 5.41) is 0. The SMILES string of the molecule is COC(=O)C1CN(S(=O)(=O)N2CC(C)OC(C)C2)CCO1. The highest BCUT2D eigenvalue weighted by Crippen LogP contribution is 2.20. The normalized spacial score (nSPS) is 32.8. The van der Waals surface area contributed by atoms with Crippen molar-refractivity contribution in [3.8, 4) is 0 Å². The molecule has 21 heavy (non-hydrogen) atoms. The minimum atomic E-state index is -3.63. The molecule has 2 aliphatic rings. The van der Waals surface area contributed by atoms with Crippen LogP contribution < -0.4 is 0 Å². The van der Waals surface area contributed by atoms with E-state index in [1.54, 1.807) is 0 Å². The van der Waals surface area contributed by atoms with Crippen LogP contribution in [0.4, 0.5) is 0 Å². The predicted molar refractivity (Wildman–Crippen MR) is 73.8 cm³/mol. The van der Waals surface area contributed by atoms with Gasteiger partial charge in [0, 0.05) is 19.6 Å². The van der Waals surface area contributed by atoms with E-state index in [9.17, 15) is 13.2 Å². The number of hydrogen-bond donors (Lipinski definition) is 0. The molecule has 2 heterocycles. The van der Waals surface area contributed by atoms with Crippen LogP contribution in [0.3, 0.4) is 0 Å². The maximum absolute atomic E-state index is 12.7. The molecular formula is C12H22N2O6S. The van der Waals surface area contributed by atoms with Crippen LogP contribution in [0.5, 0.6) is 0 Å². The lowest BCUT2D eigenvalue weighted by molar-refractivity contribution is -0.157. The summed E-state index contributed by atoms with van der Waals surface area (Å²) in [5.41, 5.74) is 0. The summed E-state index contributed by atoms with van der Waals surface area (Å²) in [7, 11) is -2.37. The molecule has 0 radical (unpaired) electrons. The van der Waals surface area contributed by atoms with Crippen molar-refractivity contribution in [2.24, 2.45) is 0 Å². The number of carbonyl (C=O) groups is 1. The molecule has 0 spiro atoms. The van der Waals surface area contributed by atoms with E-state index < -0.39 is 22.3 Å². The van der Waals surface area contributed by atoms with Gasteiger partial charge in [0.1, 0.15) is 0 Å². The Morgan fingerprint density at radius 3 is 2.33 bits per heavy atom. The summed E-state index contributed by atoms with van der Waals surface area (Å²) in [6.45, 7) is 4.70. The Labute approximate surface area is 125 Å². The summed E-state index contributed by atoms with van der Waals surface area (Å²) < 4.78 is 43.5. The van der Waals surface area contributed by atoms with Gasteiger partial charge in [-0.2, -0.15) is 17.0 Å². The summed E-state index contributed by atoms with van der Waals surface area (Å²) in [6.07, 6.45) is -1.17. The molecule has 0 aromatic carbocycles. The van der Waals surface area contributed by atoms with Crippen LogP contribution in [0.15, 0.2) is 0 Å². The quantitative estimate of drug-likeness (QED) is 0.633. The van der Waals surface area contributed by atoms with Crippen LogP contribution in [-0.2, 0) is 29.2 Å². The van der Waals surface area contributed by atoms with E-state index in [1.165, 1.54) is 15.7 Å². The van der Waals surface area contributed by atoms with Crippen molar-refractivity contribution < 1.29 is 27.4 Å². The van der Waals surface area contributed by atoms with Crippen LogP contribution >= 0.6 is 0 Å². The van der Waals surface area contributed by atoms with Gasteiger partial charge in [-0.15, -0.1) is 0 Å². The molecule has 2 fully saturated rings. The van der Waals surface area contributed by atoms with Gasteiger partial charge in [0.15, 0.2) is 6.10 Å². The van der Waals surface area contributed by atoms with E-state index in [2.05, 4.69) is 4.74 Å². The van der Waals surface area contributed by atoms with E-state index in [0.717, 1.165) is 0 Å². The first-order valence-electron chi connectivity index (χ1n) is 6.94. The lowest BCUT2D eigenvalue weighted by Crippen LogP contribution is -2.57. The zero-order valence-corrected chi connectivity index (χ0v) is 13.3. The Morgan fingerprint density at radius 1 is 1.14 bits per heavy atom. The van der Waals surface area contributed by atoms with Gasteiger partial charge in [-0.25, -0.2) is 4.79 Å². The van der Waals surface area contributed by atoms with E-state index in [-0.39, 0.29) is 31.9 Å². The Morgan fingerprint density at radius 2 is 1.76 bits per heavy atom. The minimum absolute atomic E-state index is 0.0187. The third-order valence-electron chi connectivity index (χ3n) is 3.53. The molecule has 122 valence electrons. The molecule has 0 aromatic rings. The predicted octanol–water partition coefficient (Wildman–Crippen LogP) is -0.786.